The van der Waals surface area contributed by atoms with Gasteiger partial charge in [0.2, 0.25) is 0 Å². The molecule has 5 rings (SSSR count). The van der Waals surface area contributed by atoms with Gasteiger partial charge in [0.1, 0.15) is 5.65 Å². The normalized spacial score (nSPS) is 14.5. The van der Waals surface area contributed by atoms with Gasteiger partial charge in [0.05, 0.1) is 30.0 Å². The number of benzene rings is 2. The Morgan fingerprint density at radius 3 is 2.54 bits per heavy atom. The zero-order valence-electron chi connectivity index (χ0n) is 20.2. The van der Waals surface area contributed by atoms with Crippen LogP contribution in [0.2, 0.25) is 0 Å². The quantitative estimate of drug-likeness (QED) is 0.286. The molecule has 2 aromatic heterocycles. The van der Waals surface area contributed by atoms with Crippen molar-refractivity contribution in [3.8, 4) is 22.6 Å². The molecule has 4 aromatic rings. The molecule has 5 nitrogen and oxygen atoms in total. The van der Waals surface area contributed by atoms with Gasteiger partial charge in [-0.15, -0.1) is 0 Å². The first-order valence-corrected chi connectivity index (χ1v) is 12.1. The van der Waals surface area contributed by atoms with E-state index in [-0.39, 0.29) is 22.9 Å². The molecule has 1 saturated carbocycles. The summed E-state index contributed by atoms with van der Waals surface area (Å²) in [6.45, 7) is 0. The smallest absolute Gasteiger partial charge is 0.416 e. The second-order valence-electron chi connectivity index (χ2n) is 8.92. The highest BCUT2D eigenvalue weighted by Gasteiger charge is 2.31. The van der Waals surface area contributed by atoms with Crippen LogP contribution in [0.25, 0.3) is 28.9 Å². The second kappa shape index (κ2) is 10.1. The monoisotopic (exact) mass is 506 g/mol. The van der Waals surface area contributed by atoms with E-state index in [2.05, 4.69) is 4.98 Å². The van der Waals surface area contributed by atoms with Gasteiger partial charge in [0.15, 0.2) is 11.5 Å². The number of hydrogen-bond acceptors (Lipinski definition) is 4. The Balaban J connectivity index is 1.65. The lowest BCUT2D eigenvalue weighted by atomic mass is 10.0. The van der Waals surface area contributed by atoms with Crippen molar-refractivity contribution in [1.82, 2.24) is 9.38 Å². The first kappa shape index (κ1) is 24.6. The summed E-state index contributed by atoms with van der Waals surface area (Å²) >= 11 is 0. The number of alkyl halides is 3. The number of para-hydroxylation sites is 1. The third-order valence-corrected chi connectivity index (χ3v) is 6.48. The number of fused-ring (bicyclic) bond motifs is 1. The van der Waals surface area contributed by atoms with Crippen LogP contribution in [0.1, 0.15) is 42.5 Å². The van der Waals surface area contributed by atoms with Crippen molar-refractivity contribution in [3.63, 3.8) is 0 Å². The molecule has 0 spiro atoms. The van der Waals surface area contributed by atoms with Crippen LogP contribution in [-0.4, -0.2) is 22.6 Å². The lowest BCUT2D eigenvalue weighted by Crippen LogP contribution is -2.19. The summed E-state index contributed by atoms with van der Waals surface area (Å²) in [7, 11) is 1.57. The molecule has 37 heavy (non-hydrogen) atoms. The minimum absolute atomic E-state index is 0.0761. The maximum absolute atomic E-state index is 13.5. The summed E-state index contributed by atoms with van der Waals surface area (Å²) in [5.74, 6) is 1.17. The highest BCUT2D eigenvalue weighted by Crippen LogP contribution is 2.36. The van der Waals surface area contributed by atoms with Crippen molar-refractivity contribution in [2.75, 3.05) is 7.11 Å². The predicted octanol–water partition coefficient (Wildman–Crippen LogP) is 6.88. The average molecular weight is 507 g/mol. The molecule has 0 radical (unpaired) electrons. The zero-order chi connectivity index (χ0) is 26.0. The number of pyridine rings is 1. The number of methoxy groups -OCH3 is 1. The molecule has 1 aliphatic carbocycles. The molecule has 0 atom stereocenters. The van der Waals surface area contributed by atoms with Gasteiger partial charge in [-0.2, -0.15) is 13.2 Å². The number of rotatable bonds is 6. The van der Waals surface area contributed by atoms with E-state index in [0.717, 1.165) is 43.4 Å². The van der Waals surface area contributed by atoms with Crippen LogP contribution in [-0.2, 0) is 6.18 Å². The van der Waals surface area contributed by atoms with E-state index < -0.39 is 17.3 Å². The predicted molar refractivity (Wildman–Crippen MR) is 137 cm³/mol. The molecule has 1 aliphatic rings. The van der Waals surface area contributed by atoms with Crippen LogP contribution in [0.4, 0.5) is 13.2 Å². The van der Waals surface area contributed by atoms with Gasteiger partial charge in [0.25, 0.3) is 5.56 Å². The van der Waals surface area contributed by atoms with Crippen LogP contribution >= 0.6 is 0 Å². The Kier molecular flexibility index (Phi) is 6.74. The molecule has 0 aliphatic heterocycles. The van der Waals surface area contributed by atoms with Gasteiger partial charge in [-0.3, -0.25) is 9.20 Å². The van der Waals surface area contributed by atoms with Crippen molar-refractivity contribution in [3.05, 3.63) is 94.0 Å². The molecule has 2 heterocycles. The van der Waals surface area contributed by atoms with E-state index in [0.29, 0.717) is 17.1 Å². The van der Waals surface area contributed by atoms with E-state index in [9.17, 15) is 18.0 Å². The van der Waals surface area contributed by atoms with E-state index in [1.165, 1.54) is 16.5 Å². The van der Waals surface area contributed by atoms with Gasteiger partial charge in [-0.25, -0.2) is 4.98 Å². The zero-order valence-corrected chi connectivity index (χ0v) is 20.2. The maximum atomic E-state index is 13.5. The van der Waals surface area contributed by atoms with Crippen molar-refractivity contribution in [2.24, 2.45) is 0 Å². The summed E-state index contributed by atoms with van der Waals surface area (Å²) < 4.78 is 53.5. The number of ether oxygens (including phenoxy) is 2. The average Bonchev–Trinajstić information content (AvgIpc) is 3.41. The number of hydrogen-bond donors (Lipinski definition) is 0. The van der Waals surface area contributed by atoms with Gasteiger partial charge >= 0.3 is 6.18 Å². The van der Waals surface area contributed by atoms with Crippen LogP contribution < -0.4 is 15.0 Å². The SMILES string of the molecule is COc1cccc(C=Cc2nc3ccccn3c(=O)c2-c2cccc(C(F)(F)F)c2)c1OC1CCCC1. The van der Waals surface area contributed by atoms with Crippen LogP contribution in [0.3, 0.4) is 0 Å². The topological polar surface area (TPSA) is 52.8 Å². The lowest BCUT2D eigenvalue weighted by molar-refractivity contribution is -0.137. The van der Waals surface area contributed by atoms with Crippen LogP contribution in [0.5, 0.6) is 11.5 Å². The highest BCUT2D eigenvalue weighted by atomic mass is 19.4. The van der Waals surface area contributed by atoms with Crippen molar-refractivity contribution < 1.29 is 22.6 Å². The molecule has 8 heteroatoms. The van der Waals surface area contributed by atoms with Crippen molar-refractivity contribution >= 4 is 17.8 Å². The fraction of sp³-hybridized carbons (Fsp3) is 0.241. The molecular formula is C29H25F3N2O3. The molecule has 1 fully saturated rings. The van der Waals surface area contributed by atoms with E-state index in [1.807, 2.05) is 18.2 Å². The molecular weight excluding hydrogens is 481 g/mol. The Morgan fingerprint density at radius 1 is 1.00 bits per heavy atom. The molecule has 2 aromatic carbocycles. The van der Waals surface area contributed by atoms with Crippen LogP contribution in [0.15, 0.2) is 71.7 Å². The summed E-state index contributed by atoms with van der Waals surface area (Å²) in [4.78, 5) is 18.1. The first-order chi connectivity index (χ1) is 17.8. The molecule has 190 valence electrons. The molecule has 0 amide bonds. The Hall–Kier alpha value is -4.07. The van der Waals surface area contributed by atoms with Crippen molar-refractivity contribution in [1.29, 1.82) is 0 Å². The van der Waals surface area contributed by atoms with Gasteiger partial charge < -0.3 is 9.47 Å². The molecule has 0 N–H and O–H groups in total. The fourth-order valence-electron chi connectivity index (χ4n) is 4.64. The minimum Gasteiger partial charge on any atom is -0.493 e. The second-order valence-corrected chi connectivity index (χ2v) is 8.92. The third kappa shape index (κ3) is 5.09. The van der Waals surface area contributed by atoms with Crippen LogP contribution in [0, 0.1) is 0 Å². The number of aromatic nitrogens is 2. The molecule has 0 saturated heterocycles. The summed E-state index contributed by atoms with van der Waals surface area (Å²) in [6.07, 6.45) is 4.63. The fourth-order valence-corrected chi connectivity index (χ4v) is 4.64. The standard InChI is InChI=1S/C29H25F3N2O3/c1-36-24-13-7-8-19(27(24)37-22-11-2-3-12-22)15-16-23-26(20-9-6-10-21(18-20)29(30,31)32)28(35)34-17-5-4-14-25(34)33-23/h4-10,13-18,22H,2-3,11-12H2,1H3. The number of halogens is 3. The minimum atomic E-state index is -4.54. The summed E-state index contributed by atoms with van der Waals surface area (Å²) in [5.41, 5.74) is 0.276. The Morgan fingerprint density at radius 2 is 1.78 bits per heavy atom. The highest BCUT2D eigenvalue weighted by molar-refractivity contribution is 5.81. The number of nitrogens with zero attached hydrogens (tertiary/aromatic N) is 2. The van der Waals surface area contributed by atoms with Gasteiger partial charge in [-0.05, 0) is 73.7 Å². The Bertz CT molecular complexity index is 1520. The third-order valence-electron chi connectivity index (χ3n) is 6.48. The maximum Gasteiger partial charge on any atom is 0.416 e. The van der Waals surface area contributed by atoms with Gasteiger partial charge in [0, 0.05) is 11.8 Å². The summed E-state index contributed by atoms with van der Waals surface area (Å²) in [5, 5.41) is 0. The van der Waals surface area contributed by atoms with E-state index in [1.54, 1.807) is 43.7 Å². The molecule has 0 unspecified atom stereocenters. The summed E-state index contributed by atoms with van der Waals surface area (Å²) in [6, 6.07) is 15.3. The first-order valence-electron chi connectivity index (χ1n) is 12.1. The van der Waals surface area contributed by atoms with E-state index >= 15 is 0 Å². The largest absolute Gasteiger partial charge is 0.493 e. The lowest BCUT2D eigenvalue weighted by Gasteiger charge is -2.18. The molecule has 0 bridgehead atoms. The van der Waals surface area contributed by atoms with Gasteiger partial charge in [-0.1, -0.05) is 30.3 Å². The Labute approximate surface area is 211 Å². The van der Waals surface area contributed by atoms with E-state index in [4.69, 9.17) is 9.47 Å². The van der Waals surface area contributed by atoms with Crippen molar-refractivity contribution in [2.45, 2.75) is 38.0 Å².